The Bertz CT molecular complexity index is 484. The molecule has 1 heterocycles. The molecule has 2 unspecified atom stereocenters. The maximum atomic E-state index is 8.73. The van der Waals surface area contributed by atoms with Gasteiger partial charge in [-0.15, -0.1) is 0 Å². The summed E-state index contributed by atoms with van der Waals surface area (Å²) in [7, 11) is 0. The van der Waals surface area contributed by atoms with Gasteiger partial charge in [0.1, 0.15) is 0 Å². The number of nitrogens with zero attached hydrogens (tertiary/aromatic N) is 2. The Balaban J connectivity index is 2.30. The molecule has 4 nitrogen and oxygen atoms in total. The minimum atomic E-state index is 0.162. The average molecular weight is 261 g/mol. The molecule has 0 aromatic heterocycles. The molecule has 0 amide bonds. The number of anilines is 1. The van der Waals surface area contributed by atoms with Crippen LogP contribution in [0.5, 0.6) is 0 Å². The summed E-state index contributed by atoms with van der Waals surface area (Å²) in [6.45, 7) is 7.79. The molecule has 1 aromatic rings. The van der Waals surface area contributed by atoms with Gasteiger partial charge in [-0.25, -0.2) is 0 Å². The molecule has 0 radical (unpaired) electrons. The van der Waals surface area contributed by atoms with Gasteiger partial charge in [0.2, 0.25) is 0 Å². The van der Waals surface area contributed by atoms with Gasteiger partial charge < -0.3 is 15.8 Å². The molecule has 1 aliphatic heterocycles. The average Bonchev–Trinajstić information content (AvgIpc) is 2.41. The van der Waals surface area contributed by atoms with Crippen molar-refractivity contribution in [1.29, 1.82) is 0 Å². The van der Waals surface area contributed by atoms with Crippen LogP contribution in [0, 0.1) is 12.8 Å². The summed E-state index contributed by atoms with van der Waals surface area (Å²) in [5.41, 5.74) is 8.82. The smallest absolute Gasteiger partial charge is 0.170 e. The number of nitrogens with two attached hydrogens (primary N) is 1. The molecule has 0 spiro atoms. The Labute approximate surface area is 114 Å². The lowest BCUT2D eigenvalue weighted by molar-refractivity contribution is 0.318. The fraction of sp³-hybridized carbons (Fsp3) is 0.533. The summed E-state index contributed by atoms with van der Waals surface area (Å²) in [6.07, 6.45) is 2.55. The topological polar surface area (TPSA) is 61.9 Å². The fourth-order valence-corrected chi connectivity index (χ4v) is 2.87. The largest absolute Gasteiger partial charge is 0.409 e. The van der Waals surface area contributed by atoms with Crippen LogP contribution in [0.3, 0.4) is 0 Å². The van der Waals surface area contributed by atoms with E-state index in [0.717, 1.165) is 18.0 Å². The molecular formula is C15H23N3O. The highest BCUT2D eigenvalue weighted by molar-refractivity contribution is 5.97. The first kappa shape index (κ1) is 13.7. The van der Waals surface area contributed by atoms with Gasteiger partial charge in [0.15, 0.2) is 5.84 Å². The number of hydrogen-bond donors (Lipinski definition) is 2. The van der Waals surface area contributed by atoms with Crippen molar-refractivity contribution in [2.45, 2.75) is 39.7 Å². The second-order valence-electron chi connectivity index (χ2n) is 5.54. The predicted molar refractivity (Wildman–Crippen MR) is 78.9 cm³/mol. The zero-order valence-electron chi connectivity index (χ0n) is 11.9. The minimum Gasteiger partial charge on any atom is -0.409 e. The maximum absolute atomic E-state index is 8.73. The highest BCUT2D eigenvalue weighted by Gasteiger charge is 2.25. The van der Waals surface area contributed by atoms with E-state index in [1.807, 2.05) is 12.1 Å². The van der Waals surface area contributed by atoms with E-state index in [-0.39, 0.29) is 5.84 Å². The predicted octanol–water partition coefficient (Wildman–Crippen LogP) is 2.71. The number of aryl methyl sites for hydroxylation is 1. The van der Waals surface area contributed by atoms with E-state index in [1.54, 1.807) is 0 Å². The molecule has 3 N–H and O–H groups in total. The summed E-state index contributed by atoms with van der Waals surface area (Å²) in [5, 5.41) is 11.8. The molecule has 2 rings (SSSR count). The fourth-order valence-electron chi connectivity index (χ4n) is 2.87. The second kappa shape index (κ2) is 5.51. The highest BCUT2D eigenvalue weighted by atomic mass is 16.4. The van der Waals surface area contributed by atoms with Gasteiger partial charge in [-0.1, -0.05) is 12.1 Å². The molecule has 1 fully saturated rings. The van der Waals surface area contributed by atoms with Gasteiger partial charge >= 0.3 is 0 Å². The third kappa shape index (κ3) is 2.67. The van der Waals surface area contributed by atoms with Crippen LogP contribution in [0.1, 0.15) is 37.8 Å². The van der Waals surface area contributed by atoms with Gasteiger partial charge in [0.05, 0.1) is 0 Å². The first-order valence-electron chi connectivity index (χ1n) is 6.89. The van der Waals surface area contributed by atoms with E-state index in [1.165, 1.54) is 24.1 Å². The van der Waals surface area contributed by atoms with Crippen LogP contribution in [-0.4, -0.2) is 23.6 Å². The van der Waals surface area contributed by atoms with E-state index in [2.05, 4.69) is 36.9 Å². The van der Waals surface area contributed by atoms with E-state index < -0.39 is 0 Å². The lowest BCUT2D eigenvalue weighted by atomic mass is 9.91. The number of amidine groups is 1. The van der Waals surface area contributed by atoms with Crippen LogP contribution >= 0.6 is 0 Å². The van der Waals surface area contributed by atoms with Crippen LogP contribution in [0.15, 0.2) is 23.4 Å². The van der Waals surface area contributed by atoms with Gasteiger partial charge in [0.25, 0.3) is 0 Å². The standard InChI is InChI=1S/C15H23N3O/c1-10-5-4-8-18(12(10)3)14-7-6-13(9-11(14)2)15(16)17-19/h6-7,9-10,12,19H,4-5,8H2,1-3H3,(H2,16,17). The van der Waals surface area contributed by atoms with E-state index >= 15 is 0 Å². The van der Waals surface area contributed by atoms with E-state index in [4.69, 9.17) is 10.9 Å². The molecule has 0 saturated carbocycles. The van der Waals surface area contributed by atoms with Crippen LogP contribution in [0.4, 0.5) is 5.69 Å². The zero-order chi connectivity index (χ0) is 14.0. The van der Waals surface area contributed by atoms with Crippen molar-refractivity contribution in [3.05, 3.63) is 29.3 Å². The van der Waals surface area contributed by atoms with Gasteiger partial charge in [0, 0.05) is 23.8 Å². The van der Waals surface area contributed by atoms with Crippen LogP contribution in [-0.2, 0) is 0 Å². The number of hydrogen-bond acceptors (Lipinski definition) is 3. The minimum absolute atomic E-state index is 0.162. The van der Waals surface area contributed by atoms with Crippen LogP contribution in [0.25, 0.3) is 0 Å². The van der Waals surface area contributed by atoms with Gasteiger partial charge in [-0.2, -0.15) is 0 Å². The van der Waals surface area contributed by atoms with Crippen molar-refractivity contribution in [3.63, 3.8) is 0 Å². The Morgan fingerprint density at radius 3 is 2.79 bits per heavy atom. The molecule has 0 aliphatic carbocycles. The quantitative estimate of drug-likeness (QED) is 0.372. The summed E-state index contributed by atoms with van der Waals surface area (Å²) in [6, 6.07) is 6.54. The lowest BCUT2D eigenvalue weighted by Crippen LogP contribution is -2.42. The summed E-state index contributed by atoms with van der Waals surface area (Å²) < 4.78 is 0. The maximum Gasteiger partial charge on any atom is 0.170 e. The number of oxime groups is 1. The van der Waals surface area contributed by atoms with E-state index in [9.17, 15) is 0 Å². The first-order chi connectivity index (χ1) is 9.04. The Hall–Kier alpha value is -1.71. The third-order valence-electron chi connectivity index (χ3n) is 4.28. The molecule has 1 aliphatic rings. The molecule has 1 aromatic carbocycles. The van der Waals surface area contributed by atoms with Crippen LogP contribution in [0.2, 0.25) is 0 Å². The molecule has 4 heteroatoms. The summed E-state index contributed by atoms with van der Waals surface area (Å²) in [5.74, 6) is 0.881. The molecular weight excluding hydrogens is 238 g/mol. The molecule has 0 bridgehead atoms. The molecule has 19 heavy (non-hydrogen) atoms. The van der Waals surface area contributed by atoms with Crippen molar-refractivity contribution in [2.75, 3.05) is 11.4 Å². The molecule has 104 valence electrons. The Morgan fingerprint density at radius 2 is 2.16 bits per heavy atom. The SMILES string of the molecule is Cc1cc(/C(N)=N/O)ccc1N1CCCC(C)C1C. The van der Waals surface area contributed by atoms with Crippen molar-refractivity contribution < 1.29 is 5.21 Å². The zero-order valence-corrected chi connectivity index (χ0v) is 11.9. The summed E-state index contributed by atoms with van der Waals surface area (Å²) >= 11 is 0. The second-order valence-corrected chi connectivity index (χ2v) is 5.54. The van der Waals surface area contributed by atoms with Crippen molar-refractivity contribution in [1.82, 2.24) is 0 Å². The van der Waals surface area contributed by atoms with Crippen molar-refractivity contribution in [3.8, 4) is 0 Å². The summed E-state index contributed by atoms with van der Waals surface area (Å²) in [4.78, 5) is 2.47. The van der Waals surface area contributed by atoms with Gasteiger partial charge in [-0.3, -0.25) is 0 Å². The Kier molecular flexibility index (Phi) is 3.98. The van der Waals surface area contributed by atoms with Crippen LogP contribution < -0.4 is 10.6 Å². The molecule has 1 saturated heterocycles. The number of piperidine rings is 1. The van der Waals surface area contributed by atoms with Crippen molar-refractivity contribution in [2.24, 2.45) is 16.8 Å². The number of benzene rings is 1. The monoisotopic (exact) mass is 261 g/mol. The first-order valence-corrected chi connectivity index (χ1v) is 6.89. The van der Waals surface area contributed by atoms with E-state index in [0.29, 0.717) is 6.04 Å². The number of rotatable bonds is 2. The third-order valence-corrected chi connectivity index (χ3v) is 4.28. The molecule has 2 atom stereocenters. The highest BCUT2D eigenvalue weighted by Crippen LogP contribution is 2.30. The van der Waals surface area contributed by atoms with Gasteiger partial charge in [-0.05, 0) is 56.4 Å². The van der Waals surface area contributed by atoms with Crippen molar-refractivity contribution >= 4 is 11.5 Å². The normalized spacial score (nSPS) is 24.6. The lowest BCUT2D eigenvalue weighted by Gasteiger charge is -2.40. The Morgan fingerprint density at radius 1 is 1.42 bits per heavy atom.